The van der Waals surface area contributed by atoms with Crippen LogP contribution in [0.25, 0.3) is 0 Å². The fourth-order valence-corrected chi connectivity index (χ4v) is 7.13. The number of aliphatic hydroxyl groups excluding tert-OH is 1. The quantitative estimate of drug-likeness (QED) is 0.0801. The van der Waals surface area contributed by atoms with Crippen LogP contribution in [0.2, 0.25) is 0 Å². The lowest BCUT2D eigenvalue weighted by Gasteiger charge is -2.33. The molecule has 0 heterocycles. The molecule has 0 aliphatic heterocycles. The Bertz CT molecular complexity index is 2130. The molecule has 0 fully saturated rings. The normalized spacial score (nSPS) is 11.7. The lowest BCUT2D eigenvalue weighted by molar-refractivity contribution is 0.114. The highest BCUT2D eigenvalue weighted by atomic mass is 16.5. The Kier molecular flexibility index (Phi) is 13.7. The molecule has 1 atom stereocenters. The fraction of sp³-hybridized carbons (Fsp3) is 0.176. The first kappa shape index (κ1) is 38.9. The van der Waals surface area contributed by atoms with Crippen LogP contribution in [0.15, 0.2) is 188 Å². The van der Waals surface area contributed by atoms with E-state index in [1.165, 1.54) is 16.7 Å². The third-order valence-corrected chi connectivity index (χ3v) is 10.3. The van der Waals surface area contributed by atoms with Gasteiger partial charge in [-0.05, 0) is 81.8 Å². The molecule has 288 valence electrons. The lowest BCUT2D eigenvalue weighted by Crippen LogP contribution is -2.32. The van der Waals surface area contributed by atoms with E-state index in [2.05, 4.69) is 102 Å². The van der Waals surface area contributed by atoms with Crippen molar-refractivity contribution in [3.05, 3.63) is 227 Å². The van der Waals surface area contributed by atoms with E-state index >= 15 is 0 Å². The number of benzene rings is 7. The second-order valence-electron chi connectivity index (χ2n) is 14.3. The van der Waals surface area contributed by atoms with E-state index in [0.717, 1.165) is 40.2 Å². The molecule has 7 aromatic carbocycles. The summed E-state index contributed by atoms with van der Waals surface area (Å²) in [6.07, 6.45) is 0.797. The van der Waals surface area contributed by atoms with E-state index in [9.17, 15) is 5.11 Å². The van der Waals surface area contributed by atoms with Gasteiger partial charge in [0.15, 0.2) is 0 Å². The summed E-state index contributed by atoms with van der Waals surface area (Å²) < 4.78 is 18.4. The van der Waals surface area contributed by atoms with Gasteiger partial charge in [0.05, 0.1) is 18.3 Å². The molecule has 0 radical (unpaired) electrons. The zero-order valence-corrected chi connectivity index (χ0v) is 32.2. The van der Waals surface area contributed by atoms with Gasteiger partial charge in [-0.2, -0.15) is 0 Å². The highest BCUT2D eigenvalue weighted by Gasteiger charge is 2.24. The van der Waals surface area contributed by atoms with Crippen molar-refractivity contribution in [2.24, 2.45) is 0 Å². The zero-order valence-electron chi connectivity index (χ0n) is 32.2. The lowest BCUT2D eigenvalue weighted by atomic mass is 9.88. The first-order valence-corrected chi connectivity index (χ1v) is 19.6. The smallest absolute Gasteiger partial charge is 0.142 e. The molecule has 0 aliphatic rings. The van der Waals surface area contributed by atoms with Crippen LogP contribution in [0, 0.1) is 0 Å². The van der Waals surface area contributed by atoms with Gasteiger partial charge in [-0.1, -0.05) is 152 Å². The molecule has 6 nitrogen and oxygen atoms in total. The number of anilines is 1. The van der Waals surface area contributed by atoms with Gasteiger partial charge in [-0.15, -0.1) is 0 Å². The Hall–Kier alpha value is -6.34. The van der Waals surface area contributed by atoms with Crippen molar-refractivity contribution >= 4 is 5.69 Å². The summed E-state index contributed by atoms with van der Waals surface area (Å²) in [5.41, 5.74) is 14.9. The third kappa shape index (κ3) is 11.1. The van der Waals surface area contributed by atoms with Crippen LogP contribution in [0.5, 0.6) is 17.2 Å². The minimum absolute atomic E-state index is 0.0628. The van der Waals surface area contributed by atoms with Crippen molar-refractivity contribution in [3.8, 4) is 17.2 Å². The van der Waals surface area contributed by atoms with Crippen LogP contribution in [-0.4, -0.2) is 23.2 Å². The highest BCUT2D eigenvalue weighted by molar-refractivity contribution is 5.55. The molecule has 0 aromatic heterocycles. The van der Waals surface area contributed by atoms with Gasteiger partial charge in [0.2, 0.25) is 0 Å². The van der Waals surface area contributed by atoms with Crippen molar-refractivity contribution in [2.75, 3.05) is 18.9 Å². The second-order valence-corrected chi connectivity index (χ2v) is 14.3. The van der Waals surface area contributed by atoms with Crippen LogP contribution in [0.1, 0.15) is 57.3 Å². The predicted molar refractivity (Wildman–Crippen MR) is 229 cm³/mol. The number of hydrogen-bond donors (Lipinski definition) is 2. The molecule has 0 saturated carbocycles. The maximum Gasteiger partial charge on any atom is 0.142 e. The number of rotatable bonds is 19. The minimum atomic E-state index is -0.293. The van der Waals surface area contributed by atoms with Gasteiger partial charge < -0.3 is 25.1 Å². The van der Waals surface area contributed by atoms with Gasteiger partial charge in [-0.3, -0.25) is 4.90 Å². The molecule has 1 unspecified atom stereocenters. The van der Waals surface area contributed by atoms with E-state index in [-0.39, 0.29) is 18.6 Å². The minimum Gasteiger partial charge on any atom is -0.489 e. The monoisotopic (exact) mass is 754 g/mol. The number of nitrogens with two attached hydrogens (primary N) is 1. The number of nitrogens with zero attached hydrogens (tertiary/aromatic N) is 1. The van der Waals surface area contributed by atoms with Gasteiger partial charge in [0, 0.05) is 19.0 Å². The number of aliphatic hydroxyl groups is 1. The van der Waals surface area contributed by atoms with Gasteiger partial charge in [-0.25, -0.2) is 0 Å². The van der Waals surface area contributed by atoms with E-state index in [4.69, 9.17) is 19.9 Å². The molecular formula is C51H50N2O4. The van der Waals surface area contributed by atoms with Crippen LogP contribution in [0.4, 0.5) is 5.69 Å². The number of nitrogen functional groups attached to an aromatic ring is 1. The molecular weight excluding hydrogens is 705 g/mol. The average molecular weight is 755 g/mol. The first-order chi connectivity index (χ1) is 28.1. The molecule has 0 aliphatic carbocycles. The Morgan fingerprint density at radius 1 is 0.474 bits per heavy atom. The SMILES string of the molecule is Nc1cc(C(CO)N(CCC(c2ccc(OCc3ccccc3)cc2)c2ccc(OCc3ccccc3)cc2)Cc2ccccc2)ccc1OCc1ccccc1. The first-order valence-electron chi connectivity index (χ1n) is 19.6. The molecule has 0 bridgehead atoms. The molecule has 7 aromatic rings. The van der Waals surface area contributed by atoms with Crippen molar-refractivity contribution in [1.82, 2.24) is 4.90 Å². The largest absolute Gasteiger partial charge is 0.489 e. The maximum absolute atomic E-state index is 11.0. The molecule has 6 heteroatoms. The zero-order chi connectivity index (χ0) is 39.1. The highest BCUT2D eigenvalue weighted by Crippen LogP contribution is 2.34. The molecule has 0 spiro atoms. The van der Waals surface area contributed by atoms with E-state index in [1.807, 2.05) is 91.0 Å². The summed E-state index contributed by atoms with van der Waals surface area (Å²) in [6.45, 7) is 2.74. The van der Waals surface area contributed by atoms with Crippen molar-refractivity contribution in [2.45, 2.75) is 44.7 Å². The molecule has 0 amide bonds. The fourth-order valence-electron chi connectivity index (χ4n) is 7.13. The summed E-state index contributed by atoms with van der Waals surface area (Å²) in [6, 6.07) is 63.4. The summed E-state index contributed by atoms with van der Waals surface area (Å²) in [5.74, 6) is 2.34. The topological polar surface area (TPSA) is 77.2 Å². The van der Waals surface area contributed by atoms with Gasteiger partial charge in [0.1, 0.15) is 37.1 Å². The van der Waals surface area contributed by atoms with E-state index in [0.29, 0.717) is 44.3 Å². The molecule has 0 saturated heterocycles. The third-order valence-electron chi connectivity index (χ3n) is 10.3. The van der Waals surface area contributed by atoms with E-state index < -0.39 is 0 Å². The van der Waals surface area contributed by atoms with Crippen LogP contribution < -0.4 is 19.9 Å². The molecule has 3 N–H and O–H groups in total. The summed E-state index contributed by atoms with van der Waals surface area (Å²) in [7, 11) is 0. The number of hydrogen-bond acceptors (Lipinski definition) is 6. The van der Waals surface area contributed by atoms with Crippen LogP contribution in [-0.2, 0) is 26.4 Å². The average Bonchev–Trinajstić information content (AvgIpc) is 3.27. The predicted octanol–water partition coefficient (Wildman–Crippen LogP) is 10.8. The van der Waals surface area contributed by atoms with Crippen molar-refractivity contribution in [1.29, 1.82) is 0 Å². The van der Waals surface area contributed by atoms with Crippen molar-refractivity contribution < 1.29 is 19.3 Å². The molecule has 57 heavy (non-hydrogen) atoms. The summed E-state index contributed by atoms with van der Waals surface area (Å²) in [5, 5.41) is 11.0. The summed E-state index contributed by atoms with van der Waals surface area (Å²) in [4.78, 5) is 2.36. The summed E-state index contributed by atoms with van der Waals surface area (Å²) >= 11 is 0. The Labute approximate surface area is 336 Å². The number of ether oxygens (including phenoxy) is 3. The van der Waals surface area contributed by atoms with Crippen molar-refractivity contribution in [3.63, 3.8) is 0 Å². The standard InChI is InChI=1S/C51H50N2O4/c52-49-33-45(25-30-51(49)57-38-42-19-11-4-12-20-42)50(35-54)53(34-39-13-5-1-6-14-39)32-31-48(43-21-26-46(27-22-43)55-36-40-15-7-2-8-16-40)44-23-28-47(29-24-44)56-37-41-17-9-3-10-18-41/h1-30,33,48,50,54H,31-32,34-38,52H2. The second kappa shape index (κ2) is 20.0. The van der Waals surface area contributed by atoms with Gasteiger partial charge in [0.25, 0.3) is 0 Å². The van der Waals surface area contributed by atoms with E-state index in [1.54, 1.807) is 0 Å². The Morgan fingerprint density at radius 2 is 0.895 bits per heavy atom. The Morgan fingerprint density at radius 3 is 1.33 bits per heavy atom. The van der Waals surface area contributed by atoms with Gasteiger partial charge >= 0.3 is 0 Å². The maximum atomic E-state index is 11.0. The van der Waals surface area contributed by atoms with Crippen LogP contribution >= 0.6 is 0 Å². The van der Waals surface area contributed by atoms with Crippen LogP contribution in [0.3, 0.4) is 0 Å². The Balaban J connectivity index is 1.13. The molecule has 7 rings (SSSR count).